The predicted octanol–water partition coefficient (Wildman–Crippen LogP) is -0.558. The lowest BCUT2D eigenvalue weighted by Gasteiger charge is -2.04. The molecule has 0 atom stereocenters. The van der Waals surface area contributed by atoms with Gasteiger partial charge in [-0.15, -0.1) is 0 Å². The minimum atomic E-state index is -0.675. The molecule has 0 fully saturated rings. The van der Waals surface area contributed by atoms with Gasteiger partial charge in [0.15, 0.2) is 0 Å². The van der Waals surface area contributed by atoms with Gasteiger partial charge in [0, 0.05) is 18.1 Å². The van der Waals surface area contributed by atoms with Crippen LogP contribution in [0.2, 0.25) is 0 Å². The molecule has 0 heterocycles. The molecule has 5 N–H and O–H groups in total. The number of nitrogens with zero attached hydrogens (tertiary/aromatic N) is 2. The molecular formula is C9H11N5O3. The first-order chi connectivity index (χ1) is 8.10. The zero-order valence-electron chi connectivity index (χ0n) is 8.79. The number of amides is 1. The highest BCUT2D eigenvalue weighted by Crippen LogP contribution is 2.18. The van der Waals surface area contributed by atoms with Crippen molar-refractivity contribution in [1.29, 1.82) is 0 Å². The van der Waals surface area contributed by atoms with Gasteiger partial charge in [0.25, 0.3) is 11.6 Å². The van der Waals surface area contributed by atoms with Gasteiger partial charge < -0.3 is 5.84 Å². The Bertz CT molecular complexity index is 471. The van der Waals surface area contributed by atoms with Crippen LogP contribution in [-0.4, -0.2) is 16.5 Å². The van der Waals surface area contributed by atoms with Crippen LogP contribution in [0.1, 0.15) is 5.56 Å². The lowest BCUT2D eigenvalue weighted by atomic mass is 10.1. The third-order valence-electron chi connectivity index (χ3n) is 2.10. The number of hydrogen-bond acceptors (Lipinski definition) is 6. The van der Waals surface area contributed by atoms with Crippen molar-refractivity contribution < 1.29 is 9.72 Å². The summed E-state index contributed by atoms with van der Waals surface area (Å²) in [5.74, 6) is 9.28. The molecular weight excluding hydrogens is 226 g/mol. The average Bonchev–Trinajstić information content (AvgIpc) is 2.35. The summed E-state index contributed by atoms with van der Waals surface area (Å²) in [6.45, 7) is 0. The van der Waals surface area contributed by atoms with E-state index in [1.165, 1.54) is 18.2 Å². The highest BCUT2D eigenvalue weighted by Gasteiger charge is 2.17. The van der Waals surface area contributed by atoms with Gasteiger partial charge in [-0.1, -0.05) is 18.2 Å². The van der Waals surface area contributed by atoms with Crippen molar-refractivity contribution in [2.45, 2.75) is 6.42 Å². The highest BCUT2D eigenvalue weighted by molar-refractivity contribution is 6.39. The second kappa shape index (κ2) is 5.56. The summed E-state index contributed by atoms with van der Waals surface area (Å²) in [4.78, 5) is 21.4. The Morgan fingerprint density at radius 2 is 2.12 bits per heavy atom. The SMILES string of the molecule is N/N=C(/Cc1ccccc1[N+](=O)[O-])C(=O)NN. The van der Waals surface area contributed by atoms with Crippen molar-refractivity contribution in [2.75, 3.05) is 0 Å². The molecule has 1 aromatic rings. The van der Waals surface area contributed by atoms with Gasteiger partial charge in [-0.25, -0.2) is 5.84 Å². The van der Waals surface area contributed by atoms with Gasteiger partial charge >= 0.3 is 0 Å². The number of benzene rings is 1. The van der Waals surface area contributed by atoms with Crippen molar-refractivity contribution >= 4 is 17.3 Å². The first-order valence-electron chi connectivity index (χ1n) is 4.60. The molecule has 0 saturated heterocycles. The van der Waals surface area contributed by atoms with Gasteiger partial charge in [0.2, 0.25) is 0 Å². The van der Waals surface area contributed by atoms with Crippen molar-refractivity contribution in [3.63, 3.8) is 0 Å². The molecule has 0 radical (unpaired) electrons. The summed E-state index contributed by atoms with van der Waals surface area (Å²) in [5.41, 5.74) is 2.02. The molecule has 0 aliphatic rings. The number of rotatable bonds is 4. The number of carbonyl (C=O) groups is 1. The summed E-state index contributed by atoms with van der Waals surface area (Å²) in [6.07, 6.45) is -0.0588. The van der Waals surface area contributed by atoms with Gasteiger partial charge in [0.05, 0.1) is 4.92 Å². The Morgan fingerprint density at radius 1 is 1.47 bits per heavy atom. The zero-order valence-corrected chi connectivity index (χ0v) is 8.79. The second-order valence-electron chi connectivity index (χ2n) is 3.11. The van der Waals surface area contributed by atoms with E-state index < -0.39 is 10.8 Å². The quantitative estimate of drug-likeness (QED) is 0.212. The van der Waals surface area contributed by atoms with Crippen LogP contribution in [-0.2, 0) is 11.2 Å². The Morgan fingerprint density at radius 3 is 2.65 bits per heavy atom. The Labute approximate surface area is 96.4 Å². The second-order valence-corrected chi connectivity index (χ2v) is 3.11. The van der Waals surface area contributed by atoms with Crippen LogP contribution < -0.4 is 17.1 Å². The van der Waals surface area contributed by atoms with Crippen molar-refractivity contribution in [3.05, 3.63) is 39.9 Å². The topological polar surface area (TPSA) is 137 Å². The van der Waals surface area contributed by atoms with E-state index in [2.05, 4.69) is 5.10 Å². The molecule has 17 heavy (non-hydrogen) atoms. The van der Waals surface area contributed by atoms with E-state index in [9.17, 15) is 14.9 Å². The third kappa shape index (κ3) is 2.98. The van der Waals surface area contributed by atoms with E-state index in [0.717, 1.165) is 0 Å². The van der Waals surface area contributed by atoms with Crippen LogP contribution in [0, 0.1) is 10.1 Å². The van der Waals surface area contributed by atoms with E-state index in [-0.39, 0.29) is 17.8 Å². The summed E-state index contributed by atoms with van der Waals surface area (Å²) >= 11 is 0. The maximum absolute atomic E-state index is 11.2. The number of hydrazine groups is 1. The number of hydrogen-bond donors (Lipinski definition) is 3. The number of nitro benzene ring substituents is 1. The summed E-state index contributed by atoms with van der Waals surface area (Å²) < 4.78 is 0. The number of carbonyl (C=O) groups excluding carboxylic acids is 1. The third-order valence-corrected chi connectivity index (χ3v) is 2.10. The van der Waals surface area contributed by atoms with Crippen LogP contribution in [0.3, 0.4) is 0 Å². The lowest BCUT2D eigenvalue weighted by molar-refractivity contribution is -0.385. The summed E-state index contributed by atoms with van der Waals surface area (Å²) in [5, 5.41) is 14.0. The van der Waals surface area contributed by atoms with Crippen molar-refractivity contribution in [3.8, 4) is 0 Å². The lowest BCUT2D eigenvalue weighted by Crippen LogP contribution is -2.37. The molecule has 1 aromatic carbocycles. The predicted molar refractivity (Wildman–Crippen MR) is 60.8 cm³/mol. The van der Waals surface area contributed by atoms with E-state index in [1.807, 2.05) is 5.43 Å². The fraction of sp³-hybridized carbons (Fsp3) is 0.111. The maximum atomic E-state index is 11.2. The standard InChI is InChI=1S/C9H11N5O3/c10-12-7(9(15)13-11)5-6-3-1-2-4-8(6)14(16)17/h1-4H,5,10-11H2,(H,13,15)/b12-7-. The molecule has 0 unspecified atom stereocenters. The first kappa shape index (κ1) is 12.6. The average molecular weight is 237 g/mol. The molecule has 0 spiro atoms. The molecule has 0 aliphatic carbocycles. The molecule has 1 rings (SSSR count). The number of nitro groups is 1. The Kier molecular flexibility index (Phi) is 4.12. The van der Waals surface area contributed by atoms with Crippen molar-refractivity contribution in [2.24, 2.45) is 16.8 Å². The first-order valence-corrected chi connectivity index (χ1v) is 4.60. The Balaban J connectivity index is 3.02. The minimum Gasteiger partial charge on any atom is -0.323 e. The monoisotopic (exact) mass is 237 g/mol. The van der Waals surface area contributed by atoms with Gasteiger partial charge in [-0.2, -0.15) is 5.10 Å². The van der Waals surface area contributed by atoms with Gasteiger partial charge in [-0.05, 0) is 0 Å². The van der Waals surface area contributed by atoms with Crippen LogP contribution >= 0.6 is 0 Å². The van der Waals surface area contributed by atoms with Crippen LogP contribution in [0.4, 0.5) is 5.69 Å². The zero-order chi connectivity index (χ0) is 12.8. The number of hydrazone groups is 1. The Hall–Kier alpha value is -2.48. The maximum Gasteiger partial charge on any atom is 0.281 e. The molecule has 0 aliphatic heterocycles. The van der Waals surface area contributed by atoms with Gasteiger partial charge in [0.1, 0.15) is 5.71 Å². The normalized spacial score (nSPS) is 11.0. The number of nitrogens with one attached hydrogen (secondary N) is 1. The number of para-hydroxylation sites is 1. The molecule has 8 nitrogen and oxygen atoms in total. The molecule has 8 heteroatoms. The molecule has 0 aromatic heterocycles. The minimum absolute atomic E-state index is 0.0588. The van der Waals surface area contributed by atoms with Crippen LogP contribution in [0.25, 0.3) is 0 Å². The smallest absolute Gasteiger partial charge is 0.281 e. The highest BCUT2D eigenvalue weighted by atomic mass is 16.6. The number of nitrogens with two attached hydrogens (primary N) is 2. The van der Waals surface area contributed by atoms with Gasteiger partial charge in [-0.3, -0.25) is 20.3 Å². The van der Waals surface area contributed by atoms with E-state index >= 15 is 0 Å². The van der Waals surface area contributed by atoms with Crippen LogP contribution in [0.15, 0.2) is 29.4 Å². The van der Waals surface area contributed by atoms with E-state index in [0.29, 0.717) is 5.56 Å². The summed E-state index contributed by atoms with van der Waals surface area (Å²) in [7, 11) is 0. The largest absolute Gasteiger partial charge is 0.323 e. The fourth-order valence-corrected chi connectivity index (χ4v) is 1.29. The van der Waals surface area contributed by atoms with E-state index in [4.69, 9.17) is 11.7 Å². The fourth-order valence-electron chi connectivity index (χ4n) is 1.29. The van der Waals surface area contributed by atoms with Crippen LogP contribution in [0.5, 0.6) is 0 Å². The van der Waals surface area contributed by atoms with E-state index in [1.54, 1.807) is 6.07 Å². The van der Waals surface area contributed by atoms with Crippen molar-refractivity contribution in [1.82, 2.24) is 5.43 Å². The summed E-state index contributed by atoms with van der Waals surface area (Å²) in [6, 6.07) is 6.01. The molecule has 0 bridgehead atoms. The molecule has 90 valence electrons. The molecule has 0 saturated carbocycles. The molecule has 1 amide bonds.